The molecule has 3 aromatic rings. The largest absolute Gasteiger partial charge is 0.381 e. The number of pyridine rings is 2. The van der Waals surface area contributed by atoms with Crippen molar-refractivity contribution in [2.24, 2.45) is 0 Å². The van der Waals surface area contributed by atoms with Crippen molar-refractivity contribution < 1.29 is 9.53 Å². The van der Waals surface area contributed by atoms with Crippen LogP contribution in [-0.2, 0) is 11.2 Å². The SMILES string of the molecule is Cc1cccnc1CC(C)N(C)C(=O)c1cnc2c(c1)ncn2C1CCOCC1. The molecule has 0 aliphatic carbocycles. The molecule has 0 saturated carbocycles. The molecule has 0 aromatic carbocycles. The maximum atomic E-state index is 13.0. The highest BCUT2D eigenvalue weighted by Gasteiger charge is 2.22. The lowest BCUT2D eigenvalue weighted by atomic mass is 10.1. The maximum absolute atomic E-state index is 13.0. The third-order valence-corrected chi connectivity index (χ3v) is 5.83. The Labute approximate surface area is 170 Å². The van der Waals surface area contributed by atoms with Crippen molar-refractivity contribution in [3.63, 3.8) is 0 Å². The standard InChI is InChI=1S/C22H27N5O2/c1-15-5-4-8-23-19(15)11-16(2)26(3)22(28)17-12-20-21(24-13-17)27(14-25-20)18-6-9-29-10-7-18/h4-5,8,12-14,16,18H,6-7,9-11H2,1-3H3. The Morgan fingerprint density at radius 1 is 1.31 bits per heavy atom. The van der Waals surface area contributed by atoms with Gasteiger partial charge in [-0.3, -0.25) is 9.78 Å². The quantitative estimate of drug-likeness (QED) is 0.666. The Bertz CT molecular complexity index is 1010. The van der Waals surface area contributed by atoms with Crippen LogP contribution in [0.1, 0.15) is 47.4 Å². The molecule has 1 atom stereocenters. The number of ether oxygens (including phenoxy) is 1. The first-order valence-corrected chi connectivity index (χ1v) is 10.1. The summed E-state index contributed by atoms with van der Waals surface area (Å²) in [4.78, 5) is 28.3. The van der Waals surface area contributed by atoms with E-state index in [4.69, 9.17) is 4.74 Å². The van der Waals surface area contributed by atoms with E-state index in [0.29, 0.717) is 18.0 Å². The molecule has 1 aliphatic rings. The van der Waals surface area contributed by atoms with Crippen LogP contribution < -0.4 is 0 Å². The smallest absolute Gasteiger partial charge is 0.255 e. The number of fused-ring (bicyclic) bond motifs is 1. The van der Waals surface area contributed by atoms with Crippen molar-refractivity contribution in [1.29, 1.82) is 0 Å². The summed E-state index contributed by atoms with van der Waals surface area (Å²) >= 11 is 0. The number of carbonyl (C=O) groups excluding carboxylic acids is 1. The molecule has 1 unspecified atom stereocenters. The zero-order valence-corrected chi connectivity index (χ0v) is 17.2. The van der Waals surface area contributed by atoms with Gasteiger partial charge in [-0.2, -0.15) is 0 Å². The molecule has 0 radical (unpaired) electrons. The highest BCUT2D eigenvalue weighted by molar-refractivity contribution is 5.96. The number of carbonyl (C=O) groups is 1. The molecule has 1 amide bonds. The van der Waals surface area contributed by atoms with Crippen molar-refractivity contribution in [3.05, 3.63) is 53.7 Å². The minimum atomic E-state index is -0.0545. The van der Waals surface area contributed by atoms with Crippen LogP contribution >= 0.6 is 0 Å². The van der Waals surface area contributed by atoms with Gasteiger partial charge in [0, 0.05) is 56.9 Å². The summed E-state index contributed by atoms with van der Waals surface area (Å²) in [5.41, 5.74) is 4.30. The van der Waals surface area contributed by atoms with Gasteiger partial charge in [0.05, 0.1) is 11.9 Å². The second-order valence-electron chi connectivity index (χ2n) is 7.80. The monoisotopic (exact) mass is 393 g/mol. The number of rotatable bonds is 5. The molecular weight excluding hydrogens is 366 g/mol. The van der Waals surface area contributed by atoms with Crippen molar-refractivity contribution >= 4 is 17.1 Å². The predicted molar refractivity (Wildman–Crippen MR) is 111 cm³/mol. The Morgan fingerprint density at radius 3 is 2.86 bits per heavy atom. The summed E-state index contributed by atoms with van der Waals surface area (Å²) in [6.45, 7) is 5.61. The Morgan fingerprint density at radius 2 is 2.10 bits per heavy atom. The zero-order chi connectivity index (χ0) is 20.4. The topological polar surface area (TPSA) is 73.1 Å². The molecule has 0 bridgehead atoms. The number of aromatic nitrogens is 4. The first kappa shape index (κ1) is 19.5. The Balaban J connectivity index is 1.51. The van der Waals surface area contributed by atoms with Crippen molar-refractivity contribution in [1.82, 2.24) is 24.4 Å². The minimum absolute atomic E-state index is 0.0200. The molecule has 1 fully saturated rings. The number of hydrogen-bond acceptors (Lipinski definition) is 5. The third-order valence-electron chi connectivity index (χ3n) is 5.83. The van der Waals surface area contributed by atoms with Crippen molar-refractivity contribution in [3.8, 4) is 0 Å². The van der Waals surface area contributed by atoms with Gasteiger partial charge in [0.25, 0.3) is 5.91 Å². The number of imidazole rings is 1. The van der Waals surface area contributed by atoms with Crippen LogP contribution in [0.4, 0.5) is 0 Å². The van der Waals surface area contributed by atoms with E-state index >= 15 is 0 Å². The van der Waals surface area contributed by atoms with E-state index in [1.807, 2.05) is 45.4 Å². The number of hydrogen-bond donors (Lipinski definition) is 0. The van der Waals surface area contributed by atoms with E-state index in [-0.39, 0.29) is 11.9 Å². The first-order chi connectivity index (χ1) is 14.0. The lowest BCUT2D eigenvalue weighted by Crippen LogP contribution is -2.36. The van der Waals surface area contributed by atoms with Gasteiger partial charge in [0.1, 0.15) is 5.52 Å². The van der Waals surface area contributed by atoms with Gasteiger partial charge >= 0.3 is 0 Å². The van der Waals surface area contributed by atoms with Gasteiger partial charge in [0.15, 0.2) is 5.65 Å². The van der Waals surface area contributed by atoms with Gasteiger partial charge < -0.3 is 14.2 Å². The lowest BCUT2D eigenvalue weighted by Gasteiger charge is -2.25. The number of likely N-dealkylation sites (N-methyl/N-ethyl adjacent to an activating group) is 1. The summed E-state index contributed by atoms with van der Waals surface area (Å²) in [5, 5.41) is 0. The first-order valence-electron chi connectivity index (χ1n) is 10.1. The molecular formula is C22H27N5O2. The fourth-order valence-corrected chi connectivity index (χ4v) is 3.82. The van der Waals surface area contributed by atoms with Crippen molar-refractivity contribution in [2.75, 3.05) is 20.3 Å². The van der Waals surface area contributed by atoms with Crippen LogP contribution in [0, 0.1) is 6.92 Å². The molecule has 152 valence electrons. The molecule has 0 N–H and O–H groups in total. The summed E-state index contributed by atoms with van der Waals surface area (Å²) in [6.07, 6.45) is 7.92. The van der Waals surface area contributed by atoms with Crippen LogP contribution in [0.15, 0.2) is 36.9 Å². The molecule has 4 rings (SSSR count). The normalized spacial score (nSPS) is 16.1. The van der Waals surface area contributed by atoms with Crippen LogP contribution in [0.5, 0.6) is 0 Å². The van der Waals surface area contributed by atoms with E-state index in [9.17, 15) is 4.79 Å². The molecule has 4 heterocycles. The van der Waals surface area contributed by atoms with E-state index in [2.05, 4.69) is 19.5 Å². The lowest BCUT2D eigenvalue weighted by molar-refractivity contribution is 0.0704. The average Bonchev–Trinajstić information content (AvgIpc) is 3.18. The van der Waals surface area contributed by atoms with Gasteiger partial charge in [-0.15, -0.1) is 0 Å². The molecule has 1 aliphatic heterocycles. The summed E-state index contributed by atoms with van der Waals surface area (Å²) < 4.78 is 7.56. The van der Waals surface area contributed by atoms with E-state index in [0.717, 1.165) is 48.5 Å². The van der Waals surface area contributed by atoms with Gasteiger partial charge in [-0.1, -0.05) is 6.07 Å². The predicted octanol–water partition coefficient (Wildman–Crippen LogP) is 3.19. The van der Waals surface area contributed by atoms with E-state index < -0.39 is 0 Å². The van der Waals surface area contributed by atoms with Crippen LogP contribution in [0.3, 0.4) is 0 Å². The highest BCUT2D eigenvalue weighted by Crippen LogP contribution is 2.25. The molecule has 29 heavy (non-hydrogen) atoms. The highest BCUT2D eigenvalue weighted by atomic mass is 16.5. The molecule has 7 nitrogen and oxygen atoms in total. The van der Waals surface area contributed by atoms with Crippen LogP contribution in [0.25, 0.3) is 11.2 Å². The van der Waals surface area contributed by atoms with Gasteiger partial charge in [-0.25, -0.2) is 9.97 Å². The second kappa shape index (κ2) is 8.29. The van der Waals surface area contributed by atoms with Gasteiger partial charge in [-0.05, 0) is 44.4 Å². The van der Waals surface area contributed by atoms with E-state index in [1.165, 1.54) is 0 Å². The maximum Gasteiger partial charge on any atom is 0.255 e. The number of nitrogens with zero attached hydrogens (tertiary/aromatic N) is 5. The Kier molecular flexibility index (Phi) is 5.58. The summed E-state index contributed by atoms with van der Waals surface area (Å²) in [7, 11) is 1.83. The fourth-order valence-electron chi connectivity index (χ4n) is 3.82. The summed E-state index contributed by atoms with van der Waals surface area (Å²) in [6, 6.07) is 6.19. The van der Waals surface area contributed by atoms with Crippen LogP contribution in [-0.4, -0.2) is 56.6 Å². The molecule has 3 aromatic heterocycles. The number of aryl methyl sites for hydroxylation is 1. The second-order valence-corrected chi connectivity index (χ2v) is 7.80. The van der Waals surface area contributed by atoms with Gasteiger partial charge in [0.2, 0.25) is 0 Å². The zero-order valence-electron chi connectivity index (χ0n) is 17.2. The molecule has 7 heteroatoms. The summed E-state index contributed by atoms with van der Waals surface area (Å²) in [5.74, 6) is -0.0545. The van der Waals surface area contributed by atoms with E-state index in [1.54, 1.807) is 17.3 Å². The fraction of sp³-hybridized carbons (Fsp3) is 0.455. The third kappa shape index (κ3) is 4.00. The Hall–Kier alpha value is -2.80. The average molecular weight is 393 g/mol. The molecule has 0 spiro atoms. The molecule has 1 saturated heterocycles. The van der Waals surface area contributed by atoms with Crippen LogP contribution in [0.2, 0.25) is 0 Å². The van der Waals surface area contributed by atoms with Crippen molar-refractivity contribution in [2.45, 2.75) is 45.2 Å². The minimum Gasteiger partial charge on any atom is -0.381 e. The number of amides is 1.